The number of rotatable bonds is 5. The Morgan fingerprint density at radius 3 is 2.69 bits per heavy atom. The Morgan fingerprint density at radius 1 is 1.11 bits per heavy atom. The third-order valence-electron chi connectivity index (χ3n) is 7.28. The molecule has 36 heavy (non-hydrogen) atoms. The minimum Gasteiger partial charge on any atom is -0.493 e. The number of amides is 2. The van der Waals surface area contributed by atoms with E-state index in [4.69, 9.17) is 9.83 Å². The molecule has 10 nitrogen and oxygen atoms in total. The van der Waals surface area contributed by atoms with Gasteiger partial charge in [0.25, 0.3) is 17.4 Å². The van der Waals surface area contributed by atoms with E-state index in [1.165, 1.54) is 4.57 Å². The number of carbonyl (C=O) groups excluding carboxylic acids is 3. The van der Waals surface area contributed by atoms with Crippen molar-refractivity contribution in [2.45, 2.75) is 70.0 Å². The number of hydroxylamine groups is 2. The van der Waals surface area contributed by atoms with Crippen molar-refractivity contribution >= 4 is 45.0 Å². The van der Waals surface area contributed by atoms with Crippen LogP contribution in [0.4, 0.5) is 5.69 Å². The average molecular weight is 489 g/mol. The highest BCUT2D eigenvalue weighted by Gasteiger charge is 2.33. The summed E-state index contributed by atoms with van der Waals surface area (Å²) in [5.41, 5.74) is 0.480. The number of fused-ring (bicyclic) bond motifs is 1. The number of benzene rings is 1. The first-order chi connectivity index (χ1) is 17.4. The summed E-state index contributed by atoms with van der Waals surface area (Å²) < 4.78 is 1.20. The predicted octanol–water partition coefficient (Wildman–Crippen LogP) is 1.92. The highest BCUT2D eigenvalue weighted by atomic mass is 16.7. The maximum atomic E-state index is 13.4. The van der Waals surface area contributed by atoms with Crippen LogP contribution in [0.5, 0.6) is 5.88 Å². The summed E-state index contributed by atoms with van der Waals surface area (Å²) in [5.74, 6) is -2.12. The van der Waals surface area contributed by atoms with Crippen molar-refractivity contribution in [3.8, 4) is 5.88 Å². The fraction of sp³-hybridized carbons (Fsp3) is 0.423. The predicted molar refractivity (Wildman–Crippen MR) is 128 cm³/mol. The van der Waals surface area contributed by atoms with Crippen LogP contribution in [0.25, 0.3) is 21.5 Å². The van der Waals surface area contributed by atoms with E-state index in [1.807, 2.05) is 6.07 Å². The van der Waals surface area contributed by atoms with Gasteiger partial charge in [0.05, 0.1) is 11.4 Å². The molecule has 2 aromatic carbocycles. The van der Waals surface area contributed by atoms with E-state index in [1.54, 1.807) is 6.07 Å². The van der Waals surface area contributed by atoms with Crippen molar-refractivity contribution < 1.29 is 24.3 Å². The third-order valence-corrected chi connectivity index (χ3v) is 7.28. The van der Waals surface area contributed by atoms with E-state index in [0.717, 1.165) is 36.8 Å². The molecule has 0 spiro atoms. The minimum atomic E-state index is -0.758. The van der Waals surface area contributed by atoms with Crippen molar-refractivity contribution in [3.63, 3.8) is 0 Å². The van der Waals surface area contributed by atoms with Gasteiger partial charge < -0.3 is 15.3 Å². The zero-order chi connectivity index (χ0) is 25.0. The van der Waals surface area contributed by atoms with Crippen LogP contribution in [-0.2, 0) is 25.8 Å². The molecule has 1 saturated carbocycles. The number of pyridine rings is 1. The van der Waals surface area contributed by atoms with Crippen LogP contribution in [0.1, 0.15) is 51.4 Å². The van der Waals surface area contributed by atoms with Crippen LogP contribution in [0, 0.1) is 12.1 Å². The van der Waals surface area contributed by atoms with Crippen molar-refractivity contribution in [1.29, 1.82) is 0 Å². The molecule has 3 aliphatic rings. The fourth-order valence-corrected chi connectivity index (χ4v) is 5.49. The quantitative estimate of drug-likeness (QED) is 0.525. The largest absolute Gasteiger partial charge is 0.493 e. The summed E-state index contributed by atoms with van der Waals surface area (Å²) in [6.07, 6.45) is 4.32. The van der Waals surface area contributed by atoms with Crippen molar-refractivity contribution in [2.24, 2.45) is 4.99 Å². The summed E-state index contributed by atoms with van der Waals surface area (Å²) >= 11 is 0. The first-order valence-corrected chi connectivity index (χ1v) is 12.3. The molecule has 1 saturated heterocycles. The first kappa shape index (κ1) is 22.3. The fourth-order valence-electron chi connectivity index (χ4n) is 5.49. The van der Waals surface area contributed by atoms with E-state index in [0.29, 0.717) is 26.6 Å². The van der Waals surface area contributed by atoms with Gasteiger partial charge in [-0.25, -0.2) is 4.79 Å². The van der Waals surface area contributed by atoms with Crippen LogP contribution in [0.2, 0.25) is 0 Å². The summed E-state index contributed by atoms with van der Waals surface area (Å²) in [4.78, 5) is 58.6. The highest BCUT2D eigenvalue weighted by Crippen LogP contribution is 2.35. The van der Waals surface area contributed by atoms with Crippen LogP contribution >= 0.6 is 0 Å². The number of carbonyl (C=O) groups is 3. The number of hydrogen-bond acceptors (Lipinski definition) is 8. The molecule has 6 rings (SSSR count). The Hall–Kier alpha value is -4.13. The summed E-state index contributed by atoms with van der Waals surface area (Å²) in [5, 5.41) is 17.9. The number of aromatic hydroxyl groups is 1. The van der Waals surface area contributed by atoms with E-state index < -0.39 is 23.3 Å². The van der Waals surface area contributed by atoms with Gasteiger partial charge in [0.2, 0.25) is 5.88 Å². The van der Waals surface area contributed by atoms with Gasteiger partial charge in [-0.15, -0.1) is 5.06 Å². The molecule has 2 atom stereocenters. The second-order valence-electron chi connectivity index (χ2n) is 9.55. The van der Waals surface area contributed by atoms with Gasteiger partial charge in [0.15, 0.2) is 0 Å². The molecule has 10 heteroatoms. The lowest BCUT2D eigenvalue weighted by atomic mass is 9.91. The molecular weight excluding hydrogens is 464 g/mol. The SMILES string of the molecule is O=C(CCCn1c(O)c2c#cc3c4c(ccc(c1=O)c24)NC1CCCCC1N=3)ON1C(=O)CCC1=O. The molecule has 2 amide bonds. The summed E-state index contributed by atoms with van der Waals surface area (Å²) in [6.45, 7) is 0.0344. The van der Waals surface area contributed by atoms with E-state index in [9.17, 15) is 24.3 Å². The Balaban J connectivity index is 1.31. The second-order valence-corrected chi connectivity index (χ2v) is 9.55. The minimum absolute atomic E-state index is 0.0171. The second kappa shape index (κ2) is 8.52. The number of nitrogens with zero attached hydrogens (tertiary/aromatic N) is 3. The topological polar surface area (TPSA) is 130 Å². The number of imide groups is 1. The smallest absolute Gasteiger partial charge is 0.333 e. The van der Waals surface area contributed by atoms with Crippen molar-refractivity contribution in [3.05, 3.63) is 40.0 Å². The Kier molecular flexibility index (Phi) is 5.29. The van der Waals surface area contributed by atoms with Crippen molar-refractivity contribution in [2.75, 3.05) is 5.32 Å². The van der Waals surface area contributed by atoms with Gasteiger partial charge in [-0.05, 0) is 37.5 Å². The average Bonchev–Trinajstić information content (AvgIpc) is 3.08. The molecule has 2 fully saturated rings. The normalized spacial score (nSPS) is 21.1. The van der Waals surface area contributed by atoms with Crippen LogP contribution in [-0.4, -0.2) is 44.6 Å². The zero-order valence-corrected chi connectivity index (χ0v) is 19.5. The number of hydrogen-bond donors (Lipinski definition) is 2. The van der Waals surface area contributed by atoms with E-state index in [2.05, 4.69) is 17.4 Å². The van der Waals surface area contributed by atoms with E-state index >= 15 is 0 Å². The lowest BCUT2D eigenvalue weighted by Gasteiger charge is -2.29. The van der Waals surface area contributed by atoms with Crippen LogP contribution < -0.4 is 16.2 Å². The molecule has 3 aromatic rings. The third kappa shape index (κ3) is 3.54. The monoisotopic (exact) mass is 488 g/mol. The van der Waals surface area contributed by atoms with Crippen LogP contribution in [0.3, 0.4) is 0 Å². The molecule has 1 aliphatic carbocycles. The lowest BCUT2D eigenvalue weighted by Crippen LogP contribution is -2.35. The lowest BCUT2D eigenvalue weighted by molar-refractivity contribution is -0.197. The number of anilines is 1. The van der Waals surface area contributed by atoms with Gasteiger partial charge in [-0.1, -0.05) is 18.9 Å². The van der Waals surface area contributed by atoms with Gasteiger partial charge in [-0.2, -0.15) is 0 Å². The molecule has 2 aliphatic heterocycles. The van der Waals surface area contributed by atoms with Gasteiger partial charge >= 0.3 is 5.97 Å². The maximum absolute atomic E-state index is 13.4. The standard InChI is InChI=1S/C26H24N4O6/c31-20-11-12-21(32)30(20)36-22(33)6-3-13-29-25(34)14-7-9-18-24-19(10-8-15(23(14)24)26(29)35)28-17-5-2-1-4-16(17)27-18/h7,9,16-17,27,35H,1-6,11-13H2. The molecular formula is C26H24N4O6. The molecule has 3 heterocycles. The molecule has 2 N–H and O–H groups in total. The molecule has 0 radical (unpaired) electrons. The first-order valence-electron chi connectivity index (χ1n) is 12.3. The van der Waals surface area contributed by atoms with Gasteiger partial charge in [0.1, 0.15) is 5.36 Å². The van der Waals surface area contributed by atoms with E-state index in [-0.39, 0.29) is 50.2 Å². The van der Waals surface area contributed by atoms with Gasteiger partial charge in [-0.3, -0.25) is 23.9 Å². The van der Waals surface area contributed by atoms with Gasteiger partial charge in [0, 0.05) is 53.7 Å². The Bertz CT molecular complexity index is 1530. The molecule has 0 bridgehead atoms. The molecule has 1 aromatic heterocycles. The zero-order valence-electron chi connectivity index (χ0n) is 19.5. The summed E-state index contributed by atoms with van der Waals surface area (Å²) in [7, 11) is 0. The Morgan fingerprint density at radius 2 is 1.89 bits per heavy atom. The number of aromatic nitrogens is 1. The number of nitrogens with one attached hydrogen (secondary N) is 1. The summed E-state index contributed by atoms with van der Waals surface area (Å²) in [6, 6.07) is 10.1. The van der Waals surface area contributed by atoms with Crippen LogP contribution in [0.15, 0.2) is 21.9 Å². The maximum Gasteiger partial charge on any atom is 0.333 e. The Labute approximate surface area is 205 Å². The highest BCUT2D eigenvalue weighted by molar-refractivity contribution is 6.14. The molecule has 184 valence electrons. The van der Waals surface area contributed by atoms with Crippen molar-refractivity contribution in [1.82, 2.24) is 9.63 Å². The molecule has 2 unspecified atom stereocenters.